The van der Waals surface area contributed by atoms with Gasteiger partial charge in [0.25, 0.3) is 0 Å². The smallest absolute Gasteiger partial charge is 0.136 e. The van der Waals surface area contributed by atoms with Gasteiger partial charge in [0.1, 0.15) is 23.0 Å². The highest BCUT2D eigenvalue weighted by Crippen LogP contribution is 2.52. The third-order valence-corrected chi connectivity index (χ3v) is 14.3. The van der Waals surface area contributed by atoms with E-state index in [-0.39, 0.29) is 0 Å². The van der Waals surface area contributed by atoms with Crippen molar-refractivity contribution in [2.45, 2.75) is 0 Å². The van der Waals surface area contributed by atoms with Crippen molar-refractivity contribution in [3.63, 3.8) is 0 Å². The van der Waals surface area contributed by atoms with Crippen molar-refractivity contribution in [2.75, 3.05) is 0 Å². The highest BCUT2D eigenvalue weighted by Gasteiger charge is 2.25. The van der Waals surface area contributed by atoms with Crippen LogP contribution in [0, 0.1) is 0 Å². The Morgan fingerprint density at radius 2 is 0.840 bits per heavy atom. The van der Waals surface area contributed by atoms with Crippen molar-refractivity contribution in [1.82, 2.24) is 0 Å². The first-order chi connectivity index (χ1) is 24.7. The maximum atomic E-state index is 6.78. The molecule has 0 radical (unpaired) electrons. The Morgan fingerprint density at radius 3 is 1.32 bits per heavy atom. The van der Waals surface area contributed by atoms with Crippen molar-refractivity contribution < 1.29 is 9.47 Å². The van der Waals surface area contributed by atoms with E-state index < -0.39 is 0 Å². The molecule has 0 atom stereocenters. The fourth-order valence-electron chi connectivity index (χ4n) is 7.74. The second-order valence-corrected chi connectivity index (χ2v) is 17.0. The summed E-state index contributed by atoms with van der Waals surface area (Å²) in [5, 5.41) is 9.07. The van der Waals surface area contributed by atoms with Crippen LogP contribution in [-0.4, -0.2) is 0 Å². The maximum Gasteiger partial charge on any atom is 0.136 e. The minimum atomic E-state index is 0.876. The molecule has 0 N–H and O–H groups in total. The van der Waals surface area contributed by atoms with Crippen molar-refractivity contribution >= 4 is 85.7 Å². The Balaban J connectivity index is 0.941. The lowest BCUT2D eigenvalue weighted by molar-refractivity contribution is 0.486. The summed E-state index contributed by atoms with van der Waals surface area (Å²) in [4.78, 5) is 2.54. The second-order valence-electron chi connectivity index (χ2n) is 12.9. The third kappa shape index (κ3) is 3.99. The van der Waals surface area contributed by atoms with E-state index >= 15 is 0 Å². The monoisotopic (exact) mass is 710 g/mol. The van der Waals surface area contributed by atoms with Crippen LogP contribution >= 0.6 is 45.3 Å². The SMILES string of the molecule is c1cc2c3c(cc(-c4cc5sccc5s4)cc3c1)Oc1cc(-c3ccc4c(c3)Oc3cc(-c5cc6sccc6s5)cc5cccc-4c35)ccc1-2. The van der Waals surface area contributed by atoms with Crippen molar-refractivity contribution in [3.05, 3.63) is 132 Å². The molecule has 4 aromatic heterocycles. The molecule has 0 unspecified atom stereocenters. The van der Waals surface area contributed by atoms with Gasteiger partial charge in [-0.05, 0) is 128 Å². The van der Waals surface area contributed by atoms with Crippen LogP contribution < -0.4 is 9.47 Å². The zero-order valence-corrected chi connectivity index (χ0v) is 29.4. The number of ether oxygens (including phenoxy) is 2. The topological polar surface area (TPSA) is 18.5 Å². The van der Waals surface area contributed by atoms with E-state index in [0.717, 1.165) is 45.3 Å². The lowest BCUT2D eigenvalue weighted by Gasteiger charge is -2.24. The summed E-state index contributed by atoms with van der Waals surface area (Å²) in [7, 11) is 0. The highest BCUT2D eigenvalue weighted by molar-refractivity contribution is 7.29. The summed E-state index contributed by atoms with van der Waals surface area (Å²) in [5.74, 6) is 3.57. The van der Waals surface area contributed by atoms with Crippen LogP contribution in [0.1, 0.15) is 0 Å². The van der Waals surface area contributed by atoms with Crippen molar-refractivity contribution in [3.8, 4) is 77.3 Å². The van der Waals surface area contributed by atoms with Gasteiger partial charge in [0.15, 0.2) is 0 Å². The molecule has 2 aliphatic rings. The molecule has 0 saturated heterocycles. The highest BCUT2D eigenvalue weighted by atomic mass is 32.1. The fourth-order valence-corrected chi connectivity index (χ4v) is 11.9. The van der Waals surface area contributed by atoms with Crippen LogP contribution in [0.25, 0.3) is 94.6 Å². The van der Waals surface area contributed by atoms with Crippen LogP contribution in [0.15, 0.2) is 132 Å². The second kappa shape index (κ2) is 10.2. The van der Waals surface area contributed by atoms with Gasteiger partial charge in [-0.3, -0.25) is 0 Å². The van der Waals surface area contributed by atoms with Gasteiger partial charge in [-0.2, -0.15) is 0 Å². The molecule has 0 saturated carbocycles. The summed E-state index contributed by atoms with van der Waals surface area (Å²) >= 11 is 7.28. The minimum Gasteiger partial charge on any atom is -0.456 e. The molecule has 0 aliphatic carbocycles. The van der Waals surface area contributed by atoms with Gasteiger partial charge in [-0.25, -0.2) is 0 Å². The first kappa shape index (κ1) is 27.6. The van der Waals surface area contributed by atoms with Crippen LogP contribution in [0.5, 0.6) is 23.0 Å². The van der Waals surface area contributed by atoms with Gasteiger partial charge in [-0.15, -0.1) is 45.3 Å². The zero-order valence-electron chi connectivity index (χ0n) is 26.2. The molecule has 50 heavy (non-hydrogen) atoms. The summed E-state index contributed by atoms with van der Waals surface area (Å²) in [6.07, 6.45) is 0. The van der Waals surface area contributed by atoms with Gasteiger partial charge in [0, 0.05) is 50.5 Å². The summed E-state index contributed by atoms with van der Waals surface area (Å²) in [5.41, 5.74) is 9.24. The molecule has 0 spiro atoms. The van der Waals surface area contributed by atoms with E-state index in [2.05, 4.69) is 132 Å². The van der Waals surface area contributed by atoms with Gasteiger partial charge < -0.3 is 9.47 Å². The molecule has 2 nitrogen and oxygen atoms in total. The number of rotatable bonds is 3. The largest absolute Gasteiger partial charge is 0.456 e. The van der Waals surface area contributed by atoms with Crippen LogP contribution in [0.4, 0.5) is 0 Å². The van der Waals surface area contributed by atoms with E-state index in [4.69, 9.17) is 9.47 Å². The fraction of sp³-hybridized carbons (Fsp3) is 0. The number of hydrogen-bond donors (Lipinski definition) is 0. The van der Waals surface area contributed by atoms with E-state index in [1.807, 2.05) is 22.7 Å². The average Bonchev–Trinajstić information content (AvgIpc) is 3.94. The molecule has 6 heterocycles. The average molecular weight is 711 g/mol. The van der Waals surface area contributed by atoms with Crippen molar-refractivity contribution in [1.29, 1.82) is 0 Å². The van der Waals surface area contributed by atoms with E-state index in [0.29, 0.717) is 0 Å². The maximum absolute atomic E-state index is 6.78. The summed E-state index contributed by atoms with van der Waals surface area (Å²) < 4.78 is 18.9. The third-order valence-electron chi connectivity index (χ3n) is 10.0. The van der Waals surface area contributed by atoms with Gasteiger partial charge >= 0.3 is 0 Å². The number of fused-ring (bicyclic) bond motifs is 6. The molecule has 0 bridgehead atoms. The van der Waals surface area contributed by atoms with Crippen LogP contribution in [-0.2, 0) is 0 Å². The molecule has 10 aromatic rings. The molecule has 6 aromatic carbocycles. The molecule has 12 rings (SSSR count). The van der Waals surface area contributed by atoms with Gasteiger partial charge in [0.05, 0.1) is 0 Å². The van der Waals surface area contributed by atoms with Gasteiger partial charge in [0.2, 0.25) is 0 Å². The van der Waals surface area contributed by atoms with Crippen LogP contribution in [0.2, 0.25) is 0 Å². The Labute approximate surface area is 302 Å². The zero-order chi connectivity index (χ0) is 32.5. The molecule has 0 fully saturated rings. The molecule has 234 valence electrons. The lowest BCUT2D eigenvalue weighted by Crippen LogP contribution is -1.99. The number of hydrogen-bond acceptors (Lipinski definition) is 6. The first-order valence-electron chi connectivity index (χ1n) is 16.4. The Bertz CT molecular complexity index is 2800. The van der Waals surface area contributed by atoms with Gasteiger partial charge in [-0.1, -0.05) is 48.5 Å². The molecule has 6 heteroatoms. The van der Waals surface area contributed by atoms with E-state index in [1.54, 1.807) is 22.7 Å². The van der Waals surface area contributed by atoms with Crippen LogP contribution in [0.3, 0.4) is 0 Å². The number of benzene rings is 6. The Morgan fingerprint density at radius 1 is 0.360 bits per heavy atom. The molecule has 2 aliphatic heterocycles. The minimum absolute atomic E-state index is 0.876. The normalized spacial score (nSPS) is 12.7. The molecular weight excluding hydrogens is 689 g/mol. The number of thiophene rings is 4. The van der Waals surface area contributed by atoms with E-state index in [9.17, 15) is 0 Å². The predicted octanol–water partition coefficient (Wildman–Crippen LogP) is 15.1. The quantitative estimate of drug-likeness (QED) is 0.182. The summed E-state index contributed by atoms with van der Waals surface area (Å²) in [6.45, 7) is 0. The summed E-state index contributed by atoms with van der Waals surface area (Å²) in [6, 6.07) is 44.4. The Hall–Kier alpha value is -5.24. The standard InChI is InChI=1S/C44H22O2S4/c1-3-25-15-27(39-21-41-37(49-39)11-13-47-41)19-35-43(25)31(5-1)29-9-7-23(17-33(29)45-35)24-8-10-30-32-6-2-4-26-16-28(20-36(44(26)32)46-34(30)18-24)40-22-42-38(50-40)12-14-48-42/h1-22H. The predicted molar refractivity (Wildman–Crippen MR) is 215 cm³/mol. The lowest BCUT2D eigenvalue weighted by atomic mass is 9.90. The molecule has 0 amide bonds. The molecular formula is C44H22O2S4. The van der Waals surface area contributed by atoms with E-state index in [1.165, 1.54) is 72.4 Å². The first-order valence-corrected chi connectivity index (χ1v) is 19.8. The Kier molecular flexibility index (Phi) is 5.60. The van der Waals surface area contributed by atoms with Crippen molar-refractivity contribution in [2.24, 2.45) is 0 Å².